The van der Waals surface area contributed by atoms with Gasteiger partial charge < -0.3 is 10.3 Å². The number of H-pyrrole nitrogens is 1. The zero-order chi connectivity index (χ0) is 13.2. The van der Waals surface area contributed by atoms with Crippen molar-refractivity contribution in [2.75, 3.05) is 7.05 Å². The van der Waals surface area contributed by atoms with Crippen molar-refractivity contribution < 1.29 is 0 Å². The van der Waals surface area contributed by atoms with E-state index < -0.39 is 0 Å². The van der Waals surface area contributed by atoms with Crippen LogP contribution in [0.25, 0.3) is 22.2 Å². The Morgan fingerprint density at radius 2 is 2.05 bits per heavy atom. The third kappa shape index (κ3) is 2.11. The second-order valence-electron chi connectivity index (χ2n) is 4.56. The van der Waals surface area contributed by atoms with E-state index in [2.05, 4.69) is 45.4 Å². The summed E-state index contributed by atoms with van der Waals surface area (Å²) in [4.78, 5) is 12.3. The average Bonchev–Trinajstić information content (AvgIpc) is 2.75. The van der Waals surface area contributed by atoms with Gasteiger partial charge in [-0.25, -0.2) is 9.97 Å². The molecule has 4 heteroatoms. The molecule has 4 nitrogen and oxygen atoms in total. The molecule has 2 heterocycles. The summed E-state index contributed by atoms with van der Waals surface area (Å²) >= 11 is 0. The van der Waals surface area contributed by atoms with Crippen molar-refractivity contribution in [3.05, 3.63) is 48.0 Å². The van der Waals surface area contributed by atoms with E-state index >= 15 is 0 Å². The lowest BCUT2D eigenvalue weighted by atomic mass is 10.1. The zero-order valence-electron chi connectivity index (χ0n) is 11.1. The summed E-state index contributed by atoms with van der Waals surface area (Å²) in [5, 5.41) is 4.28. The van der Waals surface area contributed by atoms with Gasteiger partial charge in [-0.3, -0.25) is 0 Å². The fourth-order valence-corrected chi connectivity index (χ4v) is 2.39. The second kappa shape index (κ2) is 4.82. The number of fused-ring (bicyclic) bond motifs is 1. The van der Waals surface area contributed by atoms with Gasteiger partial charge in [0.05, 0.1) is 12.2 Å². The fraction of sp³-hybridized carbons (Fsp3) is 0.200. The highest BCUT2D eigenvalue weighted by atomic mass is 14.9. The Labute approximate surface area is 111 Å². The van der Waals surface area contributed by atoms with Crippen LogP contribution in [0.5, 0.6) is 0 Å². The molecule has 2 N–H and O–H groups in total. The van der Waals surface area contributed by atoms with Crippen LogP contribution in [-0.4, -0.2) is 22.0 Å². The molecule has 1 aromatic carbocycles. The van der Waals surface area contributed by atoms with Crippen molar-refractivity contribution in [2.24, 2.45) is 0 Å². The number of nitrogens with one attached hydrogen (secondary N) is 2. The summed E-state index contributed by atoms with van der Waals surface area (Å²) in [6.07, 6.45) is 1.82. The molecule has 3 rings (SSSR count). The van der Waals surface area contributed by atoms with Gasteiger partial charge >= 0.3 is 0 Å². The first-order chi connectivity index (χ1) is 9.29. The molecular formula is C15H16N4. The third-order valence-corrected chi connectivity index (χ3v) is 3.19. The Balaban J connectivity index is 2.18. The number of aryl methyl sites for hydroxylation is 1. The fourth-order valence-electron chi connectivity index (χ4n) is 2.39. The monoisotopic (exact) mass is 252 g/mol. The zero-order valence-corrected chi connectivity index (χ0v) is 11.1. The minimum absolute atomic E-state index is 0.676. The number of nitrogens with zero attached hydrogens (tertiary/aromatic N) is 2. The Morgan fingerprint density at radius 1 is 1.21 bits per heavy atom. The predicted molar refractivity (Wildman–Crippen MR) is 76.8 cm³/mol. The van der Waals surface area contributed by atoms with Crippen molar-refractivity contribution >= 4 is 10.9 Å². The van der Waals surface area contributed by atoms with Gasteiger partial charge in [0.1, 0.15) is 5.82 Å². The Kier molecular flexibility index (Phi) is 3.01. The summed E-state index contributed by atoms with van der Waals surface area (Å²) in [6.45, 7) is 2.75. The van der Waals surface area contributed by atoms with Crippen LogP contribution in [0, 0.1) is 6.92 Å². The second-order valence-corrected chi connectivity index (χ2v) is 4.56. The van der Waals surface area contributed by atoms with Crippen LogP contribution < -0.4 is 5.32 Å². The summed E-state index contributed by atoms with van der Waals surface area (Å²) in [7, 11) is 1.90. The Morgan fingerprint density at radius 3 is 2.89 bits per heavy atom. The Bertz CT molecular complexity index is 715. The predicted octanol–water partition coefficient (Wildman–Crippen LogP) is 2.65. The van der Waals surface area contributed by atoms with Gasteiger partial charge in [-0.15, -0.1) is 0 Å². The molecular weight excluding hydrogens is 236 g/mol. The van der Waals surface area contributed by atoms with E-state index in [-0.39, 0.29) is 0 Å². The Hall–Kier alpha value is -2.20. The largest absolute Gasteiger partial charge is 0.358 e. The van der Waals surface area contributed by atoms with Crippen LogP contribution in [-0.2, 0) is 6.54 Å². The molecule has 0 aliphatic carbocycles. The number of aromatic nitrogens is 3. The minimum Gasteiger partial charge on any atom is -0.358 e. The molecule has 2 aromatic heterocycles. The van der Waals surface area contributed by atoms with Crippen LogP contribution in [0.4, 0.5) is 0 Å². The van der Waals surface area contributed by atoms with Gasteiger partial charge in [-0.2, -0.15) is 0 Å². The maximum Gasteiger partial charge on any atom is 0.142 e. The standard InChI is InChI=1S/C15H16N4/c1-10-15(11-5-3-4-6-12(11)18-10)13-7-8-17-14(19-13)9-16-2/h3-8,16,18H,9H2,1-2H3. The molecule has 0 saturated heterocycles. The van der Waals surface area contributed by atoms with E-state index in [4.69, 9.17) is 0 Å². The topological polar surface area (TPSA) is 53.6 Å². The van der Waals surface area contributed by atoms with E-state index in [0.29, 0.717) is 6.54 Å². The van der Waals surface area contributed by atoms with Crippen LogP contribution in [0.2, 0.25) is 0 Å². The van der Waals surface area contributed by atoms with Crippen molar-refractivity contribution in [1.82, 2.24) is 20.3 Å². The molecule has 0 atom stereocenters. The molecule has 0 bridgehead atoms. The lowest BCUT2D eigenvalue weighted by Crippen LogP contribution is -2.09. The molecule has 0 aliphatic rings. The summed E-state index contributed by atoms with van der Waals surface area (Å²) in [6, 6.07) is 10.3. The molecule has 3 aromatic rings. The maximum atomic E-state index is 4.62. The highest BCUT2D eigenvalue weighted by Gasteiger charge is 2.11. The molecule has 0 saturated carbocycles. The number of rotatable bonds is 3. The number of hydrogen-bond donors (Lipinski definition) is 2. The smallest absolute Gasteiger partial charge is 0.142 e. The molecule has 0 aliphatic heterocycles. The first-order valence-corrected chi connectivity index (χ1v) is 6.34. The summed E-state index contributed by atoms with van der Waals surface area (Å²) in [5.41, 5.74) is 4.41. The molecule has 0 radical (unpaired) electrons. The van der Waals surface area contributed by atoms with Crippen LogP contribution in [0.15, 0.2) is 36.5 Å². The van der Waals surface area contributed by atoms with E-state index in [1.807, 2.05) is 25.4 Å². The molecule has 0 amide bonds. The van der Waals surface area contributed by atoms with E-state index in [9.17, 15) is 0 Å². The van der Waals surface area contributed by atoms with Crippen molar-refractivity contribution in [3.63, 3.8) is 0 Å². The highest BCUT2D eigenvalue weighted by molar-refractivity contribution is 5.96. The van der Waals surface area contributed by atoms with E-state index in [0.717, 1.165) is 28.3 Å². The van der Waals surface area contributed by atoms with Gasteiger partial charge in [0, 0.05) is 28.4 Å². The van der Waals surface area contributed by atoms with Gasteiger partial charge in [-0.1, -0.05) is 18.2 Å². The van der Waals surface area contributed by atoms with Crippen LogP contribution in [0.3, 0.4) is 0 Å². The molecule has 0 spiro atoms. The van der Waals surface area contributed by atoms with E-state index in [1.54, 1.807) is 0 Å². The molecule has 0 unspecified atom stereocenters. The summed E-state index contributed by atoms with van der Waals surface area (Å²) in [5.74, 6) is 0.810. The lowest BCUT2D eigenvalue weighted by molar-refractivity contribution is 0.759. The number of benzene rings is 1. The first kappa shape index (κ1) is 11.9. The van der Waals surface area contributed by atoms with Crippen molar-refractivity contribution in [1.29, 1.82) is 0 Å². The summed E-state index contributed by atoms with van der Waals surface area (Å²) < 4.78 is 0. The highest BCUT2D eigenvalue weighted by Crippen LogP contribution is 2.30. The SMILES string of the molecule is CNCc1nccc(-c2c(C)[nH]c3ccccc23)n1. The average molecular weight is 252 g/mol. The number of hydrogen-bond acceptors (Lipinski definition) is 3. The normalized spacial score (nSPS) is 11.1. The van der Waals surface area contributed by atoms with Crippen LogP contribution in [0.1, 0.15) is 11.5 Å². The number of aromatic amines is 1. The van der Waals surface area contributed by atoms with Crippen LogP contribution >= 0.6 is 0 Å². The van der Waals surface area contributed by atoms with Gasteiger partial charge in [0.25, 0.3) is 0 Å². The molecule has 19 heavy (non-hydrogen) atoms. The minimum atomic E-state index is 0.676. The van der Waals surface area contributed by atoms with E-state index in [1.165, 1.54) is 5.39 Å². The van der Waals surface area contributed by atoms with Crippen molar-refractivity contribution in [3.8, 4) is 11.3 Å². The third-order valence-electron chi connectivity index (χ3n) is 3.19. The molecule has 0 fully saturated rings. The quantitative estimate of drug-likeness (QED) is 0.753. The maximum absolute atomic E-state index is 4.62. The van der Waals surface area contributed by atoms with Gasteiger partial charge in [-0.05, 0) is 26.1 Å². The van der Waals surface area contributed by atoms with Gasteiger partial charge in [0.15, 0.2) is 0 Å². The van der Waals surface area contributed by atoms with Gasteiger partial charge in [0.2, 0.25) is 0 Å². The number of para-hydroxylation sites is 1. The molecule has 96 valence electrons. The lowest BCUT2D eigenvalue weighted by Gasteiger charge is -2.04. The van der Waals surface area contributed by atoms with Crippen molar-refractivity contribution in [2.45, 2.75) is 13.5 Å². The first-order valence-electron chi connectivity index (χ1n) is 6.34.